The normalized spacial score (nSPS) is 20.5. The number of hydrogen-bond donors (Lipinski definition) is 1. The van der Waals surface area contributed by atoms with Crippen molar-refractivity contribution in [3.8, 4) is 0 Å². The van der Waals surface area contributed by atoms with Gasteiger partial charge >= 0.3 is 0 Å². The van der Waals surface area contributed by atoms with Crippen LogP contribution in [0.15, 0.2) is 48.7 Å². The molecule has 2 aromatic rings. The van der Waals surface area contributed by atoms with E-state index in [0.717, 1.165) is 50.3 Å². The highest BCUT2D eigenvalue weighted by atomic mass is 16.3. The van der Waals surface area contributed by atoms with Crippen molar-refractivity contribution in [3.05, 3.63) is 54.3 Å². The second kappa shape index (κ2) is 7.83. The fourth-order valence-electron chi connectivity index (χ4n) is 3.47. The molecule has 1 fully saturated rings. The summed E-state index contributed by atoms with van der Waals surface area (Å²) in [6.07, 6.45) is 12.9. The lowest BCUT2D eigenvalue weighted by molar-refractivity contribution is 0.108. The molecule has 3 heterocycles. The number of allylic oxidation sites excluding steroid dienone is 2. The van der Waals surface area contributed by atoms with Gasteiger partial charge in [0, 0.05) is 43.6 Å². The van der Waals surface area contributed by atoms with Crippen LogP contribution in [0.25, 0.3) is 0 Å². The zero-order chi connectivity index (χ0) is 17.7. The van der Waals surface area contributed by atoms with E-state index in [1.54, 1.807) is 6.20 Å². The van der Waals surface area contributed by atoms with Crippen LogP contribution in [0.1, 0.15) is 38.7 Å². The van der Waals surface area contributed by atoms with E-state index in [0.29, 0.717) is 0 Å². The van der Waals surface area contributed by atoms with E-state index in [4.69, 9.17) is 0 Å². The van der Waals surface area contributed by atoms with Gasteiger partial charge in [-0.25, -0.2) is 9.97 Å². The fourth-order valence-corrected chi connectivity index (χ4v) is 3.47. The number of pyridine rings is 1. The van der Waals surface area contributed by atoms with Crippen LogP contribution in [0.4, 0.5) is 5.82 Å². The molecule has 0 bridgehead atoms. The Balaban J connectivity index is 1.69. The lowest BCUT2D eigenvalue weighted by Gasteiger charge is -2.42. The van der Waals surface area contributed by atoms with Crippen molar-refractivity contribution >= 4 is 5.82 Å². The first-order valence-electron chi connectivity index (χ1n) is 9.00. The third-order valence-electron chi connectivity index (χ3n) is 5.00. The Kier molecular flexibility index (Phi) is 5.53. The van der Waals surface area contributed by atoms with E-state index in [1.807, 2.05) is 23.3 Å². The van der Waals surface area contributed by atoms with E-state index >= 15 is 0 Å². The van der Waals surface area contributed by atoms with E-state index < -0.39 is 0 Å². The van der Waals surface area contributed by atoms with Gasteiger partial charge in [-0.1, -0.05) is 17.7 Å². The summed E-state index contributed by atoms with van der Waals surface area (Å²) >= 11 is 0. The molecule has 0 radical (unpaired) electrons. The van der Waals surface area contributed by atoms with E-state index in [1.165, 1.54) is 5.57 Å². The predicted octanol–water partition coefficient (Wildman–Crippen LogP) is 3.26. The van der Waals surface area contributed by atoms with Gasteiger partial charge in [0.1, 0.15) is 5.82 Å². The number of hydrogen-bond acceptors (Lipinski definition) is 4. The van der Waals surface area contributed by atoms with Crippen molar-refractivity contribution in [2.75, 3.05) is 24.6 Å². The molecule has 1 aliphatic heterocycles. The van der Waals surface area contributed by atoms with Gasteiger partial charge in [-0.2, -0.15) is 0 Å². The first-order valence-corrected chi connectivity index (χ1v) is 9.00. The Hall–Kier alpha value is -2.14. The highest BCUT2D eigenvalue weighted by molar-refractivity contribution is 5.40. The maximum Gasteiger partial charge on any atom is 0.128 e. The second-order valence-corrected chi connectivity index (χ2v) is 7.43. The number of anilines is 1. The SMILES string of the molecule is CC(C)=CC[C@]1(CO)CCCN(c2ccc(Cn3ccnc3)cn2)C1. The Morgan fingerprint density at radius 1 is 1.36 bits per heavy atom. The molecule has 0 aliphatic carbocycles. The quantitative estimate of drug-likeness (QED) is 0.820. The number of aromatic nitrogens is 3. The minimum absolute atomic E-state index is 0.0489. The molecule has 1 aliphatic rings. The van der Waals surface area contributed by atoms with Crippen molar-refractivity contribution in [1.29, 1.82) is 0 Å². The third kappa shape index (κ3) is 4.48. The maximum atomic E-state index is 10.0. The molecule has 3 rings (SSSR count). The molecule has 134 valence electrons. The summed E-state index contributed by atoms with van der Waals surface area (Å²) in [7, 11) is 0. The number of imidazole rings is 1. The van der Waals surface area contributed by atoms with Crippen LogP contribution in [0.2, 0.25) is 0 Å². The molecular formula is C20H28N4O. The van der Waals surface area contributed by atoms with Gasteiger partial charge in [-0.05, 0) is 44.7 Å². The van der Waals surface area contributed by atoms with Crippen molar-refractivity contribution in [2.45, 2.75) is 39.7 Å². The van der Waals surface area contributed by atoms with E-state index in [-0.39, 0.29) is 12.0 Å². The average molecular weight is 340 g/mol. The van der Waals surface area contributed by atoms with E-state index in [2.05, 4.69) is 46.9 Å². The minimum atomic E-state index is -0.0489. The molecular weight excluding hydrogens is 312 g/mol. The van der Waals surface area contributed by atoms with Crippen molar-refractivity contribution in [1.82, 2.24) is 14.5 Å². The summed E-state index contributed by atoms with van der Waals surface area (Å²) in [6.45, 7) is 7.12. The molecule has 2 aromatic heterocycles. The lowest BCUT2D eigenvalue weighted by Crippen LogP contribution is -2.45. The molecule has 1 atom stereocenters. The van der Waals surface area contributed by atoms with Gasteiger partial charge in [0.2, 0.25) is 0 Å². The maximum absolute atomic E-state index is 10.0. The minimum Gasteiger partial charge on any atom is -0.396 e. The standard InChI is InChI=1S/C20H28N4O/c1-17(2)6-8-20(15-25)7-3-10-24(14-20)19-5-4-18(12-22-19)13-23-11-9-21-16-23/h4-6,9,11-12,16,25H,3,7-8,10,13-15H2,1-2H3/t20-/m1/s1. The smallest absolute Gasteiger partial charge is 0.128 e. The zero-order valence-corrected chi connectivity index (χ0v) is 15.2. The zero-order valence-electron chi connectivity index (χ0n) is 15.2. The highest BCUT2D eigenvalue weighted by Crippen LogP contribution is 2.35. The molecule has 0 unspecified atom stereocenters. The molecule has 0 amide bonds. The number of aliphatic hydroxyl groups excluding tert-OH is 1. The van der Waals surface area contributed by atoms with Crippen LogP contribution in [0.5, 0.6) is 0 Å². The Morgan fingerprint density at radius 2 is 2.24 bits per heavy atom. The van der Waals surface area contributed by atoms with Crippen LogP contribution in [-0.4, -0.2) is 39.3 Å². The molecule has 25 heavy (non-hydrogen) atoms. The average Bonchev–Trinajstić information content (AvgIpc) is 3.14. The Labute approximate surface area is 150 Å². The Bertz CT molecular complexity index is 689. The first-order chi connectivity index (χ1) is 12.1. The highest BCUT2D eigenvalue weighted by Gasteiger charge is 2.34. The summed E-state index contributed by atoms with van der Waals surface area (Å²) < 4.78 is 2.04. The van der Waals surface area contributed by atoms with Crippen molar-refractivity contribution in [2.24, 2.45) is 5.41 Å². The van der Waals surface area contributed by atoms with Crippen molar-refractivity contribution < 1.29 is 5.11 Å². The van der Waals surface area contributed by atoms with Gasteiger partial charge in [0.25, 0.3) is 0 Å². The predicted molar refractivity (Wildman–Crippen MR) is 101 cm³/mol. The van der Waals surface area contributed by atoms with Crippen LogP contribution in [0, 0.1) is 5.41 Å². The van der Waals surface area contributed by atoms with Crippen LogP contribution in [0.3, 0.4) is 0 Å². The van der Waals surface area contributed by atoms with Gasteiger partial charge in [-0.15, -0.1) is 0 Å². The summed E-state index contributed by atoms with van der Waals surface area (Å²) in [5.41, 5.74) is 2.43. The molecule has 1 N–H and O–H groups in total. The molecule has 0 aromatic carbocycles. The van der Waals surface area contributed by atoms with Crippen molar-refractivity contribution in [3.63, 3.8) is 0 Å². The molecule has 5 heteroatoms. The van der Waals surface area contributed by atoms with Gasteiger partial charge in [0.05, 0.1) is 12.9 Å². The lowest BCUT2D eigenvalue weighted by atomic mass is 9.77. The molecule has 5 nitrogen and oxygen atoms in total. The summed E-state index contributed by atoms with van der Waals surface area (Å²) in [4.78, 5) is 11.1. The first kappa shape index (κ1) is 17.7. The number of aliphatic hydroxyl groups is 1. The van der Waals surface area contributed by atoms with Crippen LogP contribution < -0.4 is 4.90 Å². The Morgan fingerprint density at radius 3 is 2.88 bits per heavy atom. The second-order valence-electron chi connectivity index (χ2n) is 7.43. The topological polar surface area (TPSA) is 54.2 Å². The summed E-state index contributed by atoms with van der Waals surface area (Å²) in [6, 6.07) is 4.23. The molecule has 0 spiro atoms. The number of piperidine rings is 1. The van der Waals surface area contributed by atoms with Gasteiger partial charge in [-0.3, -0.25) is 0 Å². The van der Waals surface area contributed by atoms with Gasteiger partial charge in [0.15, 0.2) is 0 Å². The molecule has 1 saturated heterocycles. The summed E-state index contributed by atoms with van der Waals surface area (Å²) in [5, 5.41) is 10.0. The molecule has 0 saturated carbocycles. The van der Waals surface area contributed by atoms with Crippen LogP contribution in [-0.2, 0) is 6.54 Å². The van der Waals surface area contributed by atoms with Crippen LogP contribution >= 0.6 is 0 Å². The third-order valence-corrected chi connectivity index (χ3v) is 5.00. The monoisotopic (exact) mass is 340 g/mol. The van der Waals surface area contributed by atoms with E-state index in [9.17, 15) is 5.11 Å². The summed E-state index contributed by atoms with van der Waals surface area (Å²) in [5.74, 6) is 1.00. The number of rotatable bonds is 6. The largest absolute Gasteiger partial charge is 0.396 e. The number of nitrogens with zero attached hydrogens (tertiary/aromatic N) is 4. The van der Waals surface area contributed by atoms with Gasteiger partial charge < -0.3 is 14.6 Å². The fraction of sp³-hybridized carbons (Fsp3) is 0.500.